The predicted octanol–water partition coefficient (Wildman–Crippen LogP) is -0.869. The fourth-order valence-electron chi connectivity index (χ4n) is 0.682. The average molecular weight is 135 g/mol. The lowest BCUT2D eigenvalue weighted by Crippen LogP contribution is -2.13. The molecule has 0 saturated heterocycles. The molecule has 3 nitrogen and oxygen atoms in total. The highest BCUT2D eigenvalue weighted by atomic mass is 32.2. The third-order valence-electron chi connectivity index (χ3n) is 1.33. The highest BCUT2D eigenvalue weighted by Crippen LogP contribution is 2.25. The topological polar surface area (TPSA) is 60.2 Å². The molecule has 1 fully saturated rings. The molecule has 0 aliphatic heterocycles. The lowest BCUT2D eigenvalue weighted by Gasteiger charge is -1.87. The Morgan fingerprint density at radius 1 is 1.62 bits per heavy atom. The summed E-state index contributed by atoms with van der Waals surface area (Å²) in [6.45, 7) is 0. The van der Waals surface area contributed by atoms with Crippen molar-refractivity contribution in [2.24, 2.45) is 5.73 Å². The van der Waals surface area contributed by atoms with Crippen molar-refractivity contribution in [2.75, 3.05) is 6.26 Å². The molecule has 4 heteroatoms. The van der Waals surface area contributed by atoms with Crippen LogP contribution >= 0.6 is 0 Å². The van der Waals surface area contributed by atoms with E-state index in [0.717, 1.165) is 0 Å². The molecule has 1 aliphatic carbocycles. The van der Waals surface area contributed by atoms with Crippen LogP contribution in [0.15, 0.2) is 0 Å². The smallest absolute Gasteiger partial charge is 0.151 e. The summed E-state index contributed by atoms with van der Waals surface area (Å²) in [5, 5.41) is -0.234. The molecular weight excluding hydrogens is 126 g/mol. The van der Waals surface area contributed by atoms with Crippen molar-refractivity contribution in [2.45, 2.75) is 17.7 Å². The second kappa shape index (κ2) is 1.45. The van der Waals surface area contributed by atoms with Gasteiger partial charge in [0.05, 0.1) is 5.25 Å². The van der Waals surface area contributed by atoms with Gasteiger partial charge in [-0.05, 0) is 6.42 Å². The molecule has 0 aromatic carbocycles. The van der Waals surface area contributed by atoms with Crippen LogP contribution in [0, 0.1) is 0 Å². The molecule has 1 saturated carbocycles. The van der Waals surface area contributed by atoms with Crippen LogP contribution in [0.1, 0.15) is 6.42 Å². The summed E-state index contributed by atoms with van der Waals surface area (Å²) in [6, 6.07) is -0.0787. The SMILES string of the molecule is CS(=O)(=O)C1CC1N. The standard InChI is InChI=1S/C4H9NO2S/c1-8(6,7)4-2-3(4)5/h3-4H,2,5H2,1H3. The molecule has 2 atom stereocenters. The summed E-state index contributed by atoms with van der Waals surface area (Å²) < 4.78 is 21.0. The van der Waals surface area contributed by atoms with Crippen molar-refractivity contribution in [1.29, 1.82) is 0 Å². The lowest BCUT2D eigenvalue weighted by molar-refractivity contribution is 0.600. The zero-order chi connectivity index (χ0) is 6.36. The van der Waals surface area contributed by atoms with Crippen molar-refractivity contribution in [1.82, 2.24) is 0 Å². The molecule has 2 unspecified atom stereocenters. The van der Waals surface area contributed by atoms with Gasteiger partial charge in [0, 0.05) is 12.3 Å². The van der Waals surface area contributed by atoms with Gasteiger partial charge in [-0.15, -0.1) is 0 Å². The molecule has 1 rings (SSSR count). The quantitative estimate of drug-likeness (QED) is 0.508. The zero-order valence-electron chi connectivity index (χ0n) is 4.66. The summed E-state index contributed by atoms with van der Waals surface area (Å²) in [7, 11) is -2.80. The highest BCUT2D eigenvalue weighted by Gasteiger charge is 2.41. The van der Waals surface area contributed by atoms with Gasteiger partial charge in [-0.2, -0.15) is 0 Å². The van der Waals surface area contributed by atoms with Gasteiger partial charge in [0.1, 0.15) is 0 Å². The molecular formula is C4H9NO2S. The van der Waals surface area contributed by atoms with Gasteiger partial charge in [-0.3, -0.25) is 0 Å². The fraction of sp³-hybridized carbons (Fsp3) is 1.00. The normalized spacial score (nSPS) is 37.2. The summed E-state index contributed by atoms with van der Waals surface area (Å²) in [5.41, 5.74) is 5.27. The molecule has 0 amide bonds. The molecule has 2 N–H and O–H groups in total. The van der Waals surface area contributed by atoms with Crippen molar-refractivity contribution >= 4 is 9.84 Å². The van der Waals surface area contributed by atoms with Gasteiger partial charge < -0.3 is 5.73 Å². The number of rotatable bonds is 1. The molecule has 0 spiro atoms. The average Bonchev–Trinajstić information content (AvgIpc) is 2.13. The predicted molar refractivity (Wildman–Crippen MR) is 31.2 cm³/mol. The first-order chi connectivity index (χ1) is 3.52. The first kappa shape index (κ1) is 6.04. The van der Waals surface area contributed by atoms with Crippen molar-refractivity contribution in [3.63, 3.8) is 0 Å². The third kappa shape index (κ3) is 1.00. The van der Waals surface area contributed by atoms with Crippen molar-refractivity contribution in [3.05, 3.63) is 0 Å². The van der Waals surface area contributed by atoms with E-state index in [-0.39, 0.29) is 11.3 Å². The summed E-state index contributed by atoms with van der Waals surface area (Å²) >= 11 is 0. The van der Waals surface area contributed by atoms with Crippen LogP contribution in [0.5, 0.6) is 0 Å². The van der Waals surface area contributed by atoms with Crippen molar-refractivity contribution in [3.8, 4) is 0 Å². The Morgan fingerprint density at radius 3 is 2.00 bits per heavy atom. The lowest BCUT2D eigenvalue weighted by atomic mass is 10.8. The van der Waals surface area contributed by atoms with Crippen LogP contribution in [-0.4, -0.2) is 26.0 Å². The molecule has 48 valence electrons. The highest BCUT2D eigenvalue weighted by molar-refractivity contribution is 7.91. The van der Waals surface area contributed by atoms with Crippen LogP contribution in [0.2, 0.25) is 0 Å². The van der Waals surface area contributed by atoms with E-state index in [4.69, 9.17) is 5.73 Å². The van der Waals surface area contributed by atoms with E-state index in [9.17, 15) is 8.42 Å². The van der Waals surface area contributed by atoms with E-state index in [0.29, 0.717) is 6.42 Å². The van der Waals surface area contributed by atoms with Gasteiger partial charge in [0.2, 0.25) is 0 Å². The molecule has 0 aromatic heterocycles. The Hall–Kier alpha value is -0.0900. The Labute approximate surface area is 48.8 Å². The van der Waals surface area contributed by atoms with E-state index < -0.39 is 9.84 Å². The minimum Gasteiger partial charge on any atom is -0.326 e. The minimum absolute atomic E-state index is 0.0787. The monoisotopic (exact) mass is 135 g/mol. The Kier molecular flexibility index (Phi) is 1.09. The maximum Gasteiger partial charge on any atom is 0.151 e. The summed E-state index contributed by atoms with van der Waals surface area (Å²) in [6.07, 6.45) is 1.88. The first-order valence-electron chi connectivity index (χ1n) is 2.46. The summed E-state index contributed by atoms with van der Waals surface area (Å²) in [4.78, 5) is 0. The minimum atomic E-state index is -2.80. The second-order valence-electron chi connectivity index (χ2n) is 2.27. The number of sulfone groups is 1. The van der Waals surface area contributed by atoms with Gasteiger partial charge in [0.25, 0.3) is 0 Å². The van der Waals surface area contributed by atoms with Crippen LogP contribution in [0.3, 0.4) is 0 Å². The molecule has 1 aliphatic rings. The van der Waals surface area contributed by atoms with Crippen LogP contribution < -0.4 is 5.73 Å². The van der Waals surface area contributed by atoms with Gasteiger partial charge in [-0.1, -0.05) is 0 Å². The third-order valence-corrected chi connectivity index (χ3v) is 2.97. The van der Waals surface area contributed by atoms with E-state index >= 15 is 0 Å². The van der Waals surface area contributed by atoms with Crippen molar-refractivity contribution < 1.29 is 8.42 Å². The number of hydrogen-bond acceptors (Lipinski definition) is 3. The molecule has 0 radical (unpaired) electrons. The molecule has 0 heterocycles. The largest absolute Gasteiger partial charge is 0.326 e. The molecule has 8 heavy (non-hydrogen) atoms. The molecule has 0 aromatic rings. The summed E-state index contributed by atoms with van der Waals surface area (Å²) in [5.74, 6) is 0. The van der Waals surface area contributed by atoms with Crippen LogP contribution in [0.4, 0.5) is 0 Å². The van der Waals surface area contributed by atoms with E-state index in [2.05, 4.69) is 0 Å². The Balaban J connectivity index is 2.66. The zero-order valence-corrected chi connectivity index (χ0v) is 5.48. The van der Waals surface area contributed by atoms with Gasteiger partial charge in [-0.25, -0.2) is 8.42 Å². The van der Waals surface area contributed by atoms with E-state index in [1.807, 2.05) is 0 Å². The van der Waals surface area contributed by atoms with Crippen LogP contribution in [-0.2, 0) is 9.84 Å². The second-order valence-corrected chi connectivity index (χ2v) is 4.53. The van der Waals surface area contributed by atoms with Gasteiger partial charge >= 0.3 is 0 Å². The van der Waals surface area contributed by atoms with E-state index in [1.165, 1.54) is 6.26 Å². The fourth-order valence-corrected chi connectivity index (χ4v) is 1.89. The maximum absolute atomic E-state index is 10.5. The van der Waals surface area contributed by atoms with E-state index in [1.54, 1.807) is 0 Å². The molecule has 0 bridgehead atoms. The Bertz CT molecular complexity index is 184. The van der Waals surface area contributed by atoms with Gasteiger partial charge in [0.15, 0.2) is 9.84 Å². The van der Waals surface area contributed by atoms with Crippen LogP contribution in [0.25, 0.3) is 0 Å². The Morgan fingerprint density at radius 2 is 2.00 bits per heavy atom. The maximum atomic E-state index is 10.5. The number of hydrogen-bond donors (Lipinski definition) is 1. The number of nitrogens with two attached hydrogens (primary N) is 1. The first-order valence-corrected chi connectivity index (χ1v) is 4.42.